The first kappa shape index (κ1) is 10.0. The van der Waals surface area contributed by atoms with Crippen LogP contribution in [0.1, 0.15) is 19.3 Å². The molecule has 0 unspecified atom stereocenters. The summed E-state index contributed by atoms with van der Waals surface area (Å²) in [7, 11) is 0. The van der Waals surface area contributed by atoms with Gasteiger partial charge in [0, 0.05) is 0 Å². The van der Waals surface area contributed by atoms with Gasteiger partial charge in [0.2, 0.25) is 0 Å². The van der Waals surface area contributed by atoms with Gasteiger partial charge >= 0.3 is 0 Å². The average molecular weight is 158 g/mol. The number of carboxylic acid groups (broad SMARTS) is 1. The van der Waals surface area contributed by atoms with Crippen LogP contribution >= 0.6 is 0 Å². The van der Waals surface area contributed by atoms with Crippen LogP contribution in [0.2, 0.25) is 16.4 Å². The first-order valence-electron chi connectivity index (χ1n) is 3.80. The molecule has 1 rings (SSSR count). The van der Waals surface area contributed by atoms with Gasteiger partial charge in [-0.15, -0.1) is 11.6 Å². The van der Waals surface area contributed by atoms with Crippen LogP contribution in [0, 0.1) is 0 Å². The zero-order chi connectivity index (χ0) is 7.98. The third-order valence-corrected chi connectivity index (χ3v) is 4.64. The molecular weight excluding hydrogens is 143 g/mol. The summed E-state index contributed by atoms with van der Waals surface area (Å²) in [4.78, 5) is 8.36. The normalized spacial score (nSPS) is 16.2. The topological polar surface area (TPSA) is 37.3 Å². The second-order valence-corrected chi connectivity index (χ2v) is 6.47. The van der Waals surface area contributed by atoms with Gasteiger partial charge in [0.1, 0.15) is 0 Å². The van der Waals surface area contributed by atoms with Gasteiger partial charge in [0.15, 0.2) is 0 Å². The molecule has 1 N–H and O–H groups in total. The molecule has 0 amide bonds. The average Bonchev–Trinajstić information content (AvgIpc) is 1.59. The highest BCUT2D eigenvalue weighted by Gasteiger charge is 2.23. The highest BCUT2D eigenvalue weighted by molar-refractivity contribution is 6.57. The maximum Gasteiger partial charge on any atom is 0.290 e. The van der Waals surface area contributed by atoms with Crippen LogP contribution < -0.4 is 0 Å². The molecule has 0 aromatic rings. The Kier molecular flexibility index (Phi) is 5.76. The first-order chi connectivity index (χ1) is 4.72. The van der Waals surface area contributed by atoms with Crippen molar-refractivity contribution in [1.29, 1.82) is 0 Å². The third-order valence-electron chi connectivity index (χ3n) is 2.09. The Bertz CT molecular complexity index is 89.6. The first-order valence-corrected chi connectivity index (χ1v) is 6.77. The summed E-state index contributed by atoms with van der Waals surface area (Å²) in [5, 5.41) is 6.89. The minimum absolute atomic E-state index is 0.178. The van der Waals surface area contributed by atoms with Crippen molar-refractivity contribution in [3.8, 4) is 0 Å². The van der Waals surface area contributed by atoms with Crippen molar-refractivity contribution in [2.75, 3.05) is 0 Å². The fourth-order valence-electron chi connectivity index (χ4n) is 1.11. The van der Waals surface area contributed by atoms with Gasteiger partial charge in [-0.2, -0.15) is 0 Å². The van der Waals surface area contributed by atoms with Crippen molar-refractivity contribution in [2.24, 2.45) is 0 Å². The van der Waals surface area contributed by atoms with Gasteiger partial charge in [-0.05, 0) is 0 Å². The Hall–Kier alpha value is 0.00247. The van der Waals surface area contributed by atoms with E-state index in [2.05, 4.69) is 11.6 Å². The van der Waals surface area contributed by atoms with E-state index >= 15 is 0 Å². The molecule has 0 aliphatic heterocycles. The quantitative estimate of drug-likeness (QED) is 0.468. The van der Waals surface area contributed by atoms with Crippen molar-refractivity contribution < 1.29 is 9.90 Å². The molecule has 1 aliphatic carbocycles. The fourth-order valence-corrected chi connectivity index (χ4v) is 2.91. The Balaban J connectivity index is 0.000000236. The molecule has 1 fully saturated rings. The summed E-state index contributed by atoms with van der Waals surface area (Å²) in [5.41, 5.74) is 0. The summed E-state index contributed by atoms with van der Waals surface area (Å²) in [5.74, 6) is 4.92. The zero-order valence-corrected chi connectivity index (χ0v) is 7.86. The van der Waals surface area contributed by atoms with E-state index in [0.717, 1.165) is 0 Å². The van der Waals surface area contributed by atoms with E-state index in [0.29, 0.717) is 0 Å². The molecule has 2 nitrogen and oxygen atoms in total. The maximum absolute atomic E-state index is 8.36. The molecule has 0 atom stereocenters. The standard InChI is InChI=1S/C4H7.CH2O2.2CH3.Al/c1-2-4-3-1;2-1-3;;;/h1H,2-4H2;1H,(H,2,3);2*1H3;. The van der Waals surface area contributed by atoms with Crippen molar-refractivity contribution >= 4 is 20.6 Å². The molecule has 0 aromatic heterocycles. The lowest BCUT2D eigenvalue weighted by Gasteiger charge is -2.26. The molecule has 0 saturated heterocycles. The molecule has 0 radical (unpaired) electrons. The molecule has 1 aliphatic rings. The highest BCUT2D eigenvalue weighted by atomic mass is 27.2. The second kappa shape index (κ2) is 5.76. The van der Waals surface area contributed by atoms with Crippen LogP contribution in [0.4, 0.5) is 0 Å². The summed E-state index contributed by atoms with van der Waals surface area (Å²) < 4.78 is 1.22. The van der Waals surface area contributed by atoms with Gasteiger partial charge in [0.05, 0.1) is 0 Å². The number of carbonyl (C=O) groups is 1. The lowest BCUT2D eigenvalue weighted by molar-refractivity contribution is -0.122. The fraction of sp³-hybridized carbons (Fsp3) is 0.857. The molecule has 3 heteroatoms. The van der Waals surface area contributed by atoms with E-state index in [1.807, 2.05) is 0 Å². The monoisotopic (exact) mass is 158 g/mol. The number of hydrogen-bond acceptors (Lipinski definition) is 1. The Morgan fingerprint density at radius 3 is 1.90 bits per heavy atom. The molecule has 10 heavy (non-hydrogen) atoms. The van der Waals surface area contributed by atoms with Gasteiger partial charge in [-0.1, -0.05) is 24.0 Å². The summed E-state index contributed by atoms with van der Waals surface area (Å²) in [6, 6.07) is 0. The smallest absolute Gasteiger partial charge is 0.290 e. The van der Waals surface area contributed by atoms with E-state index in [1.165, 1.54) is 11.2 Å². The number of hydrogen-bond donors (Lipinski definition) is 1. The van der Waals surface area contributed by atoms with E-state index in [1.54, 1.807) is 12.8 Å². The van der Waals surface area contributed by atoms with Gasteiger partial charge < -0.3 is 5.11 Å². The van der Waals surface area contributed by atoms with Crippen LogP contribution in [0.25, 0.3) is 0 Å². The van der Waals surface area contributed by atoms with E-state index in [-0.39, 0.29) is 20.6 Å². The van der Waals surface area contributed by atoms with Crippen LogP contribution in [0.3, 0.4) is 0 Å². The van der Waals surface area contributed by atoms with Crippen molar-refractivity contribution in [3.05, 3.63) is 0 Å². The molecule has 58 valence electrons. The largest absolute Gasteiger partial charge is 0.483 e. The maximum atomic E-state index is 8.36. The second-order valence-electron chi connectivity index (χ2n) is 3.04. The van der Waals surface area contributed by atoms with Gasteiger partial charge in [-0.25, -0.2) is 0 Å². The van der Waals surface area contributed by atoms with Crippen molar-refractivity contribution in [1.82, 2.24) is 0 Å². The Morgan fingerprint density at radius 1 is 1.50 bits per heavy atom. The van der Waals surface area contributed by atoms with Crippen molar-refractivity contribution in [2.45, 2.75) is 35.6 Å². The van der Waals surface area contributed by atoms with E-state index < -0.39 is 0 Å². The van der Waals surface area contributed by atoms with Crippen LogP contribution in [-0.4, -0.2) is 25.7 Å². The molecule has 0 heterocycles. The molecule has 0 bridgehead atoms. The van der Waals surface area contributed by atoms with Gasteiger partial charge in [0.25, 0.3) is 20.6 Å². The molecule has 0 spiro atoms. The minimum atomic E-state index is -0.250. The van der Waals surface area contributed by atoms with E-state index in [9.17, 15) is 0 Å². The summed E-state index contributed by atoms with van der Waals surface area (Å²) >= 11 is -0.178. The van der Waals surface area contributed by atoms with Gasteiger partial charge in [-0.3, -0.25) is 4.79 Å². The lowest BCUT2D eigenvalue weighted by Crippen LogP contribution is -2.18. The Morgan fingerprint density at radius 2 is 1.90 bits per heavy atom. The predicted octanol–water partition coefficient (Wildman–Crippen LogP) is 2.00. The summed E-state index contributed by atoms with van der Waals surface area (Å²) in [6.45, 7) is -0.250. The molecular formula is C7H15AlO2. The molecule has 0 aromatic carbocycles. The van der Waals surface area contributed by atoms with Crippen LogP contribution in [-0.2, 0) is 4.79 Å². The minimum Gasteiger partial charge on any atom is -0.483 e. The highest BCUT2D eigenvalue weighted by Crippen LogP contribution is 2.34. The van der Waals surface area contributed by atoms with Crippen LogP contribution in [0.5, 0.6) is 0 Å². The molecule has 1 saturated carbocycles. The third kappa shape index (κ3) is 3.92. The van der Waals surface area contributed by atoms with Crippen LogP contribution in [0.15, 0.2) is 0 Å². The van der Waals surface area contributed by atoms with E-state index in [4.69, 9.17) is 9.90 Å². The van der Waals surface area contributed by atoms with Crippen molar-refractivity contribution in [3.63, 3.8) is 0 Å². The Labute approximate surface area is 66.6 Å². The summed E-state index contributed by atoms with van der Waals surface area (Å²) in [6.07, 6.45) is 4.64. The number of rotatable bonds is 1. The SMILES string of the molecule is O=CO.[CH3][Al]([CH3])[CH]1CCC1. The zero-order valence-electron chi connectivity index (χ0n) is 6.71. The lowest BCUT2D eigenvalue weighted by atomic mass is 10.00. The predicted molar refractivity (Wildman–Crippen MR) is 43.8 cm³/mol.